The van der Waals surface area contributed by atoms with Gasteiger partial charge in [-0.05, 0) is 54.1 Å². The van der Waals surface area contributed by atoms with Crippen LogP contribution < -0.4 is 10.6 Å². The van der Waals surface area contributed by atoms with Crippen LogP contribution in [0.1, 0.15) is 44.9 Å². The van der Waals surface area contributed by atoms with Gasteiger partial charge in [-0.15, -0.1) is 11.3 Å². The van der Waals surface area contributed by atoms with E-state index in [9.17, 15) is 14.0 Å². The zero-order valence-corrected chi connectivity index (χ0v) is 18.4. The van der Waals surface area contributed by atoms with Gasteiger partial charge in [-0.25, -0.2) is 19.2 Å². The molecule has 4 rings (SSSR count). The van der Waals surface area contributed by atoms with Crippen molar-refractivity contribution in [3.8, 4) is 0 Å². The number of carbonyl (C=O) groups excluding carboxylic acids is 1. The minimum absolute atomic E-state index is 0.215. The van der Waals surface area contributed by atoms with Crippen molar-refractivity contribution in [3.63, 3.8) is 0 Å². The van der Waals surface area contributed by atoms with E-state index >= 15 is 0 Å². The highest BCUT2D eigenvalue weighted by molar-refractivity contribution is 7.17. The number of amides is 1. The van der Waals surface area contributed by atoms with E-state index in [1.165, 1.54) is 29.5 Å². The Hall–Kier alpha value is -3.92. The van der Waals surface area contributed by atoms with E-state index in [2.05, 4.69) is 25.6 Å². The molecule has 1 atom stereocenters. The first-order chi connectivity index (χ1) is 15.9. The number of pyridine rings is 1. The van der Waals surface area contributed by atoms with Gasteiger partial charge in [-0.3, -0.25) is 9.78 Å². The highest BCUT2D eigenvalue weighted by atomic mass is 32.1. The molecule has 0 aliphatic heterocycles. The van der Waals surface area contributed by atoms with Crippen molar-refractivity contribution in [2.45, 2.75) is 19.4 Å². The van der Waals surface area contributed by atoms with E-state index in [0.29, 0.717) is 28.7 Å². The minimum Gasteiger partial charge on any atom is -0.478 e. The summed E-state index contributed by atoms with van der Waals surface area (Å²) in [4.78, 5) is 36.6. The molecule has 0 spiro atoms. The van der Waals surface area contributed by atoms with E-state index in [-0.39, 0.29) is 29.2 Å². The first-order valence-electron chi connectivity index (χ1n) is 10.1. The number of halogens is 1. The number of fused-ring (bicyclic) bond motifs is 1. The zero-order valence-electron chi connectivity index (χ0n) is 17.6. The van der Waals surface area contributed by atoms with Crippen molar-refractivity contribution in [3.05, 3.63) is 82.4 Å². The Bertz CT molecular complexity index is 1310. The van der Waals surface area contributed by atoms with Crippen molar-refractivity contribution in [2.75, 3.05) is 11.9 Å². The maximum atomic E-state index is 13.5. The van der Waals surface area contributed by atoms with Crippen LogP contribution in [0.5, 0.6) is 0 Å². The van der Waals surface area contributed by atoms with Crippen LogP contribution >= 0.6 is 11.3 Å². The van der Waals surface area contributed by atoms with E-state index < -0.39 is 11.8 Å². The molecule has 0 aliphatic rings. The summed E-state index contributed by atoms with van der Waals surface area (Å²) in [6.07, 6.45) is 3.23. The molecule has 0 saturated heterocycles. The Morgan fingerprint density at radius 2 is 1.94 bits per heavy atom. The van der Waals surface area contributed by atoms with Gasteiger partial charge in [0.25, 0.3) is 5.91 Å². The second-order valence-corrected chi connectivity index (χ2v) is 8.26. The van der Waals surface area contributed by atoms with Crippen LogP contribution in [0.15, 0.2) is 54.2 Å². The van der Waals surface area contributed by atoms with Crippen LogP contribution in [0.3, 0.4) is 0 Å². The van der Waals surface area contributed by atoms with Gasteiger partial charge < -0.3 is 15.7 Å². The van der Waals surface area contributed by atoms with Gasteiger partial charge in [-0.1, -0.05) is 12.1 Å². The lowest BCUT2D eigenvalue weighted by atomic mass is 10.1. The molecule has 0 bridgehead atoms. The van der Waals surface area contributed by atoms with Gasteiger partial charge in [0.2, 0.25) is 5.95 Å². The number of benzene rings is 1. The average molecular weight is 466 g/mol. The summed E-state index contributed by atoms with van der Waals surface area (Å²) < 4.78 is 14.2. The second kappa shape index (κ2) is 9.70. The van der Waals surface area contributed by atoms with Crippen LogP contribution in [0.4, 0.5) is 10.3 Å². The number of nitrogens with one attached hydrogen (secondary N) is 2. The van der Waals surface area contributed by atoms with Crippen LogP contribution in [-0.4, -0.2) is 38.5 Å². The van der Waals surface area contributed by atoms with Gasteiger partial charge in [0.05, 0.1) is 28.0 Å². The third-order valence-electron chi connectivity index (χ3n) is 4.99. The maximum absolute atomic E-state index is 13.5. The second-order valence-electron chi connectivity index (χ2n) is 7.34. The minimum atomic E-state index is -0.981. The topological polar surface area (TPSA) is 117 Å². The number of carboxylic acid groups (broad SMARTS) is 1. The van der Waals surface area contributed by atoms with Gasteiger partial charge in [0.1, 0.15) is 5.82 Å². The van der Waals surface area contributed by atoms with Crippen LogP contribution in [-0.2, 0) is 6.42 Å². The Balaban J connectivity index is 1.46. The third kappa shape index (κ3) is 5.29. The summed E-state index contributed by atoms with van der Waals surface area (Å²) in [5.41, 5.74) is 2.64. The van der Waals surface area contributed by atoms with Crippen molar-refractivity contribution in [2.24, 2.45) is 0 Å². The standard InChI is InChI=1S/C23H20FN5O3S/c1-13(16-10-17(24)12-25-11-16)27-23-28-18-7-9-33-20(18)19(29-23)21(30)26-8-6-14-2-4-15(5-3-14)22(31)32/h2-5,7,9-13H,6,8H2,1H3,(H,26,30)(H,31,32)(H,27,28,29)/t13-/m0/s1. The average Bonchev–Trinajstić information content (AvgIpc) is 3.27. The lowest BCUT2D eigenvalue weighted by molar-refractivity contribution is 0.0696. The van der Waals surface area contributed by atoms with Gasteiger partial charge in [0, 0.05) is 12.7 Å². The number of carbonyl (C=O) groups is 2. The summed E-state index contributed by atoms with van der Waals surface area (Å²) in [6.45, 7) is 2.18. The Morgan fingerprint density at radius 3 is 2.67 bits per heavy atom. The fourth-order valence-electron chi connectivity index (χ4n) is 3.24. The third-order valence-corrected chi connectivity index (χ3v) is 5.90. The smallest absolute Gasteiger partial charge is 0.335 e. The molecule has 0 fully saturated rings. The van der Waals surface area contributed by atoms with Crippen molar-refractivity contribution < 1.29 is 19.1 Å². The molecule has 1 aromatic carbocycles. The molecule has 0 radical (unpaired) electrons. The van der Waals surface area contributed by atoms with Crippen molar-refractivity contribution >= 4 is 39.4 Å². The highest BCUT2D eigenvalue weighted by Gasteiger charge is 2.17. The first-order valence-corrected chi connectivity index (χ1v) is 11.0. The quantitative estimate of drug-likeness (QED) is 0.359. The number of thiophene rings is 1. The number of hydrogen-bond acceptors (Lipinski definition) is 7. The first kappa shape index (κ1) is 22.3. The lowest BCUT2D eigenvalue weighted by Gasteiger charge is -2.15. The molecule has 0 unspecified atom stereocenters. The molecule has 1 amide bonds. The number of anilines is 1. The molecule has 0 saturated carbocycles. The number of aromatic carboxylic acids is 1. The van der Waals surface area contributed by atoms with Crippen LogP contribution in [0.25, 0.3) is 10.2 Å². The van der Waals surface area contributed by atoms with E-state index in [1.54, 1.807) is 18.3 Å². The molecule has 4 aromatic rings. The maximum Gasteiger partial charge on any atom is 0.335 e. The summed E-state index contributed by atoms with van der Waals surface area (Å²) in [6, 6.07) is 9.38. The SMILES string of the molecule is C[C@H](Nc1nc(C(=O)NCCc2ccc(C(=O)O)cc2)c2sccc2n1)c1cncc(F)c1. The molecular weight excluding hydrogens is 445 g/mol. The Kier molecular flexibility index (Phi) is 6.55. The Morgan fingerprint density at radius 1 is 1.15 bits per heavy atom. The highest BCUT2D eigenvalue weighted by Crippen LogP contribution is 2.25. The van der Waals surface area contributed by atoms with E-state index in [0.717, 1.165) is 11.8 Å². The predicted octanol–water partition coefficient (Wildman–Crippen LogP) is 4.07. The van der Waals surface area contributed by atoms with E-state index in [4.69, 9.17) is 5.11 Å². The molecule has 8 nitrogen and oxygen atoms in total. The van der Waals surface area contributed by atoms with E-state index in [1.807, 2.05) is 18.4 Å². The summed E-state index contributed by atoms with van der Waals surface area (Å²) in [5.74, 6) is -1.50. The zero-order chi connectivity index (χ0) is 23.4. The number of aromatic nitrogens is 3. The molecule has 3 aromatic heterocycles. The molecule has 3 heterocycles. The normalized spacial score (nSPS) is 11.8. The Labute approximate surface area is 192 Å². The lowest BCUT2D eigenvalue weighted by Crippen LogP contribution is -2.27. The van der Waals surface area contributed by atoms with Gasteiger partial charge >= 0.3 is 5.97 Å². The fraction of sp³-hybridized carbons (Fsp3) is 0.174. The fourth-order valence-corrected chi connectivity index (χ4v) is 4.06. The summed E-state index contributed by atoms with van der Waals surface area (Å²) >= 11 is 1.37. The molecule has 3 N–H and O–H groups in total. The van der Waals surface area contributed by atoms with Gasteiger partial charge in [-0.2, -0.15) is 0 Å². The van der Waals surface area contributed by atoms with Crippen LogP contribution in [0.2, 0.25) is 0 Å². The molecule has 10 heteroatoms. The predicted molar refractivity (Wildman–Crippen MR) is 123 cm³/mol. The largest absolute Gasteiger partial charge is 0.478 e. The molecule has 33 heavy (non-hydrogen) atoms. The number of nitrogens with zero attached hydrogens (tertiary/aromatic N) is 3. The van der Waals surface area contributed by atoms with Gasteiger partial charge in [0.15, 0.2) is 5.69 Å². The van der Waals surface area contributed by atoms with Crippen molar-refractivity contribution in [1.29, 1.82) is 0 Å². The summed E-state index contributed by atoms with van der Waals surface area (Å²) in [5, 5.41) is 16.8. The summed E-state index contributed by atoms with van der Waals surface area (Å²) in [7, 11) is 0. The number of carboxylic acids is 1. The number of rotatable bonds is 8. The molecular formula is C23H20FN5O3S. The number of hydrogen-bond donors (Lipinski definition) is 3. The molecule has 168 valence electrons. The van der Waals surface area contributed by atoms with Crippen molar-refractivity contribution in [1.82, 2.24) is 20.3 Å². The van der Waals surface area contributed by atoms with Crippen LogP contribution in [0, 0.1) is 5.82 Å². The monoisotopic (exact) mass is 465 g/mol. The molecule has 0 aliphatic carbocycles.